The normalized spacial score (nSPS) is 12.2. The van der Waals surface area contributed by atoms with Crippen LogP contribution in [0.1, 0.15) is 36.1 Å². The largest absolute Gasteiger partial charge is 0.493 e. The number of carbonyl (C=O) groups excluding carboxylic acids is 1. The lowest BCUT2D eigenvalue weighted by Gasteiger charge is -2.08. The van der Waals surface area contributed by atoms with Crippen LogP contribution in [0.15, 0.2) is 23.2 Å². The molecule has 2 heterocycles. The van der Waals surface area contributed by atoms with E-state index >= 15 is 0 Å². The Morgan fingerprint density at radius 3 is 2.46 bits per heavy atom. The maximum absolute atomic E-state index is 12.7. The summed E-state index contributed by atoms with van der Waals surface area (Å²) in [5.41, 5.74) is 2.21. The standard InChI is InChI=1S/C18H22N4O3S/c1-10(2)22-13(7-11(3)20-22)17(23)19-18-21(4)12-8-14(24-5)15(25-6)9-16(12)26-18/h7-10H,1-6H3. The van der Waals surface area contributed by atoms with Gasteiger partial charge in [0.1, 0.15) is 5.69 Å². The molecular formula is C18H22N4O3S. The Labute approximate surface area is 155 Å². The number of methoxy groups -OCH3 is 2. The Morgan fingerprint density at radius 1 is 1.19 bits per heavy atom. The third-order valence-electron chi connectivity index (χ3n) is 4.08. The third kappa shape index (κ3) is 3.12. The lowest BCUT2D eigenvalue weighted by Crippen LogP contribution is -2.16. The van der Waals surface area contributed by atoms with E-state index in [1.54, 1.807) is 25.0 Å². The number of nitrogens with zero attached hydrogens (tertiary/aromatic N) is 4. The Balaban J connectivity index is 2.13. The van der Waals surface area contributed by atoms with Crippen LogP contribution in [0.25, 0.3) is 10.2 Å². The molecule has 0 saturated carbocycles. The summed E-state index contributed by atoms with van der Waals surface area (Å²) >= 11 is 1.43. The molecule has 138 valence electrons. The van der Waals surface area contributed by atoms with Gasteiger partial charge in [0.25, 0.3) is 5.91 Å². The number of hydrogen-bond acceptors (Lipinski definition) is 5. The number of thiazole rings is 1. The van der Waals surface area contributed by atoms with Crippen LogP contribution in [0.2, 0.25) is 0 Å². The van der Waals surface area contributed by atoms with E-state index in [-0.39, 0.29) is 11.9 Å². The number of benzene rings is 1. The summed E-state index contributed by atoms with van der Waals surface area (Å²) in [5.74, 6) is 0.980. The highest BCUT2D eigenvalue weighted by molar-refractivity contribution is 7.16. The molecule has 0 radical (unpaired) electrons. The Bertz CT molecular complexity index is 1040. The van der Waals surface area contributed by atoms with Gasteiger partial charge in [-0.2, -0.15) is 10.1 Å². The highest BCUT2D eigenvalue weighted by Gasteiger charge is 2.16. The van der Waals surface area contributed by atoms with Crippen molar-refractivity contribution in [3.05, 3.63) is 34.4 Å². The zero-order chi connectivity index (χ0) is 19.0. The molecule has 0 aliphatic heterocycles. The van der Waals surface area contributed by atoms with Crippen molar-refractivity contribution in [3.8, 4) is 11.5 Å². The van der Waals surface area contributed by atoms with Crippen LogP contribution in [-0.4, -0.2) is 34.5 Å². The molecule has 0 unspecified atom stereocenters. The van der Waals surface area contributed by atoms with Gasteiger partial charge in [-0.3, -0.25) is 9.48 Å². The summed E-state index contributed by atoms with van der Waals surface area (Å²) in [5, 5.41) is 4.38. The molecule has 0 fully saturated rings. The zero-order valence-corrected chi connectivity index (χ0v) is 16.5. The number of rotatable bonds is 4. The molecule has 2 aromatic heterocycles. The van der Waals surface area contributed by atoms with Gasteiger partial charge in [-0.05, 0) is 26.8 Å². The van der Waals surface area contributed by atoms with Gasteiger partial charge in [-0.25, -0.2) is 0 Å². The van der Waals surface area contributed by atoms with Crippen molar-refractivity contribution in [1.82, 2.24) is 14.3 Å². The predicted octanol–water partition coefficient (Wildman–Crippen LogP) is 3.08. The molecule has 26 heavy (non-hydrogen) atoms. The van der Waals surface area contributed by atoms with E-state index in [1.165, 1.54) is 11.3 Å². The van der Waals surface area contributed by atoms with Gasteiger partial charge in [0.05, 0.1) is 30.1 Å². The summed E-state index contributed by atoms with van der Waals surface area (Å²) in [7, 11) is 5.07. The highest BCUT2D eigenvalue weighted by atomic mass is 32.1. The minimum atomic E-state index is -0.305. The summed E-state index contributed by atoms with van der Waals surface area (Å²) in [4.78, 5) is 17.7. The van der Waals surface area contributed by atoms with Crippen molar-refractivity contribution >= 4 is 27.5 Å². The molecule has 0 N–H and O–H groups in total. The Kier molecular flexibility index (Phi) is 4.86. The first kappa shape index (κ1) is 18.2. The van der Waals surface area contributed by atoms with Crippen LogP contribution in [0, 0.1) is 6.92 Å². The number of aromatic nitrogens is 3. The molecule has 0 atom stereocenters. The first-order valence-electron chi connectivity index (χ1n) is 8.22. The van der Waals surface area contributed by atoms with E-state index < -0.39 is 0 Å². The van der Waals surface area contributed by atoms with Crippen molar-refractivity contribution in [3.63, 3.8) is 0 Å². The summed E-state index contributed by atoms with van der Waals surface area (Å²) < 4.78 is 15.3. The summed E-state index contributed by atoms with van der Waals surface area (Å²) in [6.07, 6.45) is 0. The zero-order valence-electron chi connectivity index (χ0n) is 15.7. The molecule has 0 aliphatic carbocycles. The minimum Gasteiger partial charge on any atom is -0.493 e. The molecule has 3 aromatic rings. The van der Waals surface area contributed by atoms with E-state index in [2.05, 4.69) is 10.1 Å². The molecule has 1 amide bonds. The monoisotopic (exact) mass is 374 g/mol. The second-order valence-electron chi connectivity index (χ2n) is 6.24. The Hall–Kier alpha value is -2.61. The molecular weight excluding hydrogens is 352 g/mol. The number of aryl methyl sites for hydroxylation is 2. The Morgan fingerprint density at radius 2 is 1.85 bits per heavy atom. The van der Waals surface area contributed by atoms with Gasteiger partial charge in [-0.15, -0.1) is 0 Å². The minimum absolute atomic E-state index is 0.0857. The average Bonchev–Trinajstić information content (AvgIpc) is 3.14. The molecule has 0 aliphatic rings. The summed E-state index contributed by atoms with van der Waals surface area (Å²) in [6.45, 7) is 5.84. The predicted molar refractivity (Wildman–Crippen MR) is 101 cm³/mol. The van der Waals surface area contributed by atoms with Crippen molar-refractivity contribution in [1.29, 1.82) is 0 Å². The molecule has 7 nitrogen and oxygen atoms in total. The first-order valence-corrected chi connectivity index (χ1v) is 9.04. The molecule has 3 rings (SSSR count). The van der Waals surface area contributed by atoms with Crippen molar-refractivity contribution in [2.75, 3.05) is 14.2 Å². The van der Waals surface area contributed by atoms with Gasteiger partial charge in [0, 0.05) is 25.2 Å². The number of amides is 1. The SMILES string of the molecule is COc1cc2sc(=NC(=O)c3cc(C)nn3C(C)C)n(C)c2cc1OC. The number of fused-ring (bicyclic) bond motifs is 1. The molecule has 8 heteroatoms. The smallest absolute Gasteiger partial charge is 0.297 e. The number of ether oxygens (including phenoxy) is 2. The molecule has 1 aromatic carbocycles. The van der Waals surface area contributed by atoms with Crippen LogP contribution < -0.4 is 14.3 Å². The van der Waals surface area contributed by atoms with E-state index in [0.717, 1.165) is 15.9 Å². The highest BCUT2D eigenvalue weighted by Crippen LogP contribution is 2.33. The summed E-state index contributed by atoms with van der Waals surface area (Å²) in [6, 6.07) is 5.63. The maximum Gasteiger partial charge on any atom is 0.297 e. The number of carbonyl (C=O) groups is 1. The lowest BCUT2D eigenvalue weighted by molar-refractivity contribution is 0.0986. The van der Waals surface area contributed by atoms with Gasteiger partial charge in [0.2, 0.25) is 0 Å². The fourth-order valence-electron chi connectivity index (χ4n) is 2.78. The van der Waals surface area contributed by atoms with Crippen molar-refractivity contribution < 1.29 is 14.3 Å². The molecule has 0 saturated heterocycles. The first-order chi connectivity index (χ1) is 12.3. The van der Waals surface area contributed by atoms with E-state index in [1.807, 2.05) is 44.5 Å². The van der Waals surface area contributed by atoms with Crippen LogP contribution in [-0.2, 0) is 7.05 Å². The lowest BCUT2D eigenvalue weighted by atomic mass is 10.3. The van der Waals surface area contributed by atoms with Crippen LogP contribution in [0.5, 0.6) is 11.5 Å². The fourth-order valence-corrected chi connectivity index (χ4v) is 3.80. The quantitative estimate of drug-likeness (QED) is 0.704. The van der Waals surface area contributed by atoms with Crippen molar-refractivity contribution in [2.24, 2.45) is 12.0 Å². The van der Waals surface area contributed by atoms with Gasteiger partial charge >= 0.3 is 0 Å². The number of hydrogen-bond donors (Lipinski definition) is 0. The van der Waals surface area contributed by atoms with E-state index in [4.69, 9.17) is 9.47 Å². The van der Waals surface area contributed by atoms with Crippen LogP contribution in [0.4, 0.5) is 0 Å². The van der Waals surface area contributed by atoms with E-state index in [0.29, 0.717) is 22.0 Å². The molecule has 0 spiro atoms. The molecule has 0 bridgehead atoms. The fraction of sp³-hybridized carbons (Fsp3) is 0.389. The van der Waals surface area contributed by atoms with Crippen LogP contribution >= 0.6 is 11.3 Å². The second-order valence-corrected chi connectivity index (χ2v) is 7.25. The third-order valence-corrected chi connectivity index (χ3v) is 5.17. The van der Waals surface area contributed by atoms with Crippen LogP contribution in [0.3, 0.4) is 0 Å². The van der Waals surface area contributed by atoms with Gasteiger partial charge < -0.3 is 14.0 Å². The topological polar surface area (TPSA) is 70.6 Å². The van der Waals surface area contributed by atoms with Crippen molar-refractivity contribution in [2.45, 2.75) is 26.8 Å². The van der Waals surface area contributed by atoms with Gasteiger partial charge in [0.15, 0.2) is 16.3 Å². The van der Waals surface area contributed by atoms with E-state index in [9.17, 15) is 4.79 Å². The average molecular weight is 374 g/mol. The second kappa shape index (κ2) is 6.95. The maximum atomic E-state index is 12.7. The van der Waals surface area contributed by atoms with Gasteiger partial charge in [-0.1, -0.05) is 11.3 Å².